The SMILES string of the molecule is CCCCC(CC)CC(=O)N(C)c1ccc(OCC(=O)O)cc1. The van der Waals surface area contributed by atoms with Crippen LogP contribution in [0, 0.1) is 5.92 Å². The maximum Gasteiger partial charge on any atom is 0.341 e. The summed E-state index contributed by atoms with van der Waals surface area (Å²) in [4.78, 5) is 24.5. The lowest BCUT2D eigenvalue weighted by Gasteiger charge is -2.21. The van der Waals surface area contributed by atoms with E-state index in [2.05, 4.69) is 13.8 Å². The van der Waals surface area contributed by atoms with Gasteiger partial charge in [-0.2, -0.15) is 0 Å². The third-order valence-corrected chi connectivity index (χ3v) is 3.97. The molecule has 0 bridgehead atoms. The van der Waals surface area contributed by atoms with Crippen molar-refractivity contribution in [2.24, 2.45) is 5.92 Å². The average molecular weight is 321 g/mol. The Morgan fingerprint density at radius 3 is 2.39 bits per heavy atom. The fourth-order valence-electron chi connectivity index (χ4n) is 2.38. The largest absolute Gasteiger partial charge is 0.482 e. The molecule has 1 rings (SSSR count). The third-order valence-electron chi connectivity index (χ3n) is 3.97. The standard InChI is InChI=1S/C18H27NO4/c1-4-6-7-14(5-2)12-17(20)19(3)15-8-10-16(11-9-15)23-13-18(21)22/h8-11,14H,4-7,12-13H2,1-3H3,(H,21,22). The second-order valence-corrected chi connectivity index (χ2v) is 5.75. The number of carboxylic acids is 1. The second-order valence-electron chi connectivity index (χ2n) is 5.75. The zero-order valence-electron chi connectivity index (χ0n) is 14.2. The van der Waals surface area contributed by atoms with Crippen LogP contribution in [-0.2, 0) is 9.59 Å². The number of carbonyl (C=O) groups is 2. The molecule has 0 aromatic heterocycles. The van der Waals surface area contributed by atoms with E-state index >= 15 is 0 Å². The van der Waals surface area contributed by atoms with Gasteiger partial charge in [0.05, 0.1) is 0 Å². The molecule has 1 N–H and O–H groups in total. The highest BCUT2D eigenvalue weighted by Gasteiger charge is 2.16. The Balaban J connectivity index is 2.59. The summed E-state index contributed by atoms with van der Waals surface area (Å²) >= 11 is 0. The molecule has 128 valence electrons. The van der Waals surface area contributed by atoms with Gasteiger partial charge in [-0.1, -0.05) is 33.1 Å². The second kappa shape index (κ2) is 9.87. The molecular weight excluding hydrogens is 294 g/mol. The number of carboxylic acid groups (broad SMARTS) is 1. The van der Waals surface area contributed by atoms with Gasteiger partial charge in [-0.3, -0.25) is 4.79 Å². The van der Waals surface area contributed by atoms with Crippen LogP contribution in [0.4, 0.5) is 5.69 Å². The normalized spacial score (nSPS) is 11.8. The number of rotatable bonds is 10. The molecule has 0 spiro atoms. The minimum absolute atomic E-state index is 0.104. The van der Waals surface area contributed by atoms with Crippen molar-refractivity contribution >= 4 is 17.6 Å². The van der Waals surface area contributed by atoms with E-state index in [1.807, 2.05) is 0 Å². The maximum absolute atomic E-state index is 12.4. The maximum atomic E-state index is 12.4. The van der Waals surface area contributed by atoms with Gasteiger partial charge in [0, 0.05) is 19.2 Å². The molecule has 1 unspecified atom stereocenters. The molecular formula is C18H27NO4. The van der Waals surface area contributed by atoms with Gasteiger partial charge in [-0.15, -0.1) is 0 Å². The van der Waals surface area contributed by atoms with Gasteiger partial charge in [0.2, 0.25) is 5.91 Å². The molecule has 0 aliphatic carbocycles. The Kier molecular flexibility index (Phi) is 8.16. The topological polar surface area (TPSA) is 66.8 Å². The molecule has 0 radical (unpaired) electrons. The summed E-state index contributed by atoms with van der Waals surface area (Å²) in [5, 5.41) is 8.58. The van der Waals surface area contributed by atoms with Crippen LogP contribution in [0.5, 0.6) is 5.75 Å². The minimum Gasteiger partial charge on any atom is -0.482 e. The molecule has 0 aliphatic rings. The first-order valence-electron chi connectivity index (χ1n) is 8.19. The van der Waals surface area contributed by atoms with E-state index in [9.17, 15) is 9.59 Å². The van der Waals surface area contributed by atoms with Crippen molar-refractivity contribution in [1.29, 1.82) is 0 Å². The lowest BCUT2D eigenvalue weighted by atomic mass is 9.95. The summed E-state index contributed by atoms with van der Waals surface area (Å²) in [7, 11) is 1.77. The van der Waals surface area contributed by atoms with Gasteiger partial charge >= 0.3 is 5.97 Å². The van der Waals surface area contributed by atoms with Crippen LogP contribution in [0.1, 0.15) is 46.0 Å². The van der Waals surface area contributed by atoms with E-state index in [4.69, 9.17) is 9.84 Å². The number of nitrogens with zero attached hydrogens (tertiary/aromatic N) is 1. The Bertz CT molecular complexity index is 498. The number of carbonyl (C=O) groups excluding carboxylic acids is 1. The Morgan fingerprint density at radius 1 is 1.22 bits per heavy atom. The average Bonchev–Trinajstić information content (AvgIpc) is 2.56. The first-order chi connectivity index (χ1) is 11.0. The van der Waals surface area contributed by atoms with Crippen molar-refractivity contribution in [3.05, 3.63) is 24.3 Å². The zero-order valence-corrected chi connectivity index (χ0v) is 14.2. The molecule has 1 aromatic carbocycles. The zero-order chi connectivity index (χ0) is 17.2. The summed E-state index contributed by atoms with van der Waals surface area (Å²) in [5.41, 5.74) is 0.781. The lowest BCUT2D eigenvalue weighted by molar-refractivity contribution is -0.139. The summed E-state index contributed by atoms with van der Waals surface area (Å²) in [6.07, 6.45) is 4.98. The first-order valence-corrected chi connectivity index (χ1v) is 8.19. The van der Waals surface area contributed by atoms with E-state index in [-0.39, 0.29) is 12.5 Å². The van der Waals surface area contributed by atoms with Crippen LogP contribution in [-0.4, -0.2) is 30.6 Å². The van der Waals surface area contributed by atoms with E-state index in [0.29, 0.717) is 18.1 Å². The van der Waals surface area contributed by atoms with E-state index in [1.54, 1.807) is 36.2 Å². The molecule has 0 saturated carbocycles. The third kappa shape index (κ3) is 6.72. The van der Waals surface area contributed by atoms with Crippen LogP contribution in [0.3, 0.4) is 0 Å². The number of amides is 1. The lowest BCUT2D eigenvalue weighted by Crippen LogP contribution is -2.28. The number of hydrogen-bond acceptors (Lipinski definition) is 3. The van der Waals surface area contributed by atoms with E-state index in [0.717, 1.165) is 31.4 Å². The molecule has 1 aromatic rings. The molecule has 1 atom stereocenters. The minimum atomic E-state index is -1.01. The van der Waals surface area contributed by atoms with Crippen molar-refractivity contribution in [2.45, 2.75) is 46.0 Å². The first kappa shape index (κ1) is 19.0. The van der Waals surface area contributed by atoms with Crippen molar-refractivity contribution in [3.63, 3.8) is 0 Å². The summed E-state index contributed by atoms with van der Waals surface area (Å²) in [6, 6.07) is 6.89. The molecule has 0 aliphatic heterocycles. The summed E-state index contributed by atoms with van der Waals surface area (Å²) in [6.45, 7) is 3.92. The molecule has 5 heteroatoms. The predicted molar refractivity (Wildman–Crippen MR) is 90.9 cm³/mol. The van der Waals surface area contributed by atoms with Gasteiger partial charge in [0.25, 0.3) is 0 Å². The van der Waals surface area contributed by atoms with Crippen molar-refractivity contribution in [2.75, 3.05) is 18.6 Å². The molecule has 1 amide bonds. The van der Waals surface area contributed by atoms with Crippen molar-refractivity contribution in [3.8, 4) is 5.75 Å². The fraction of sp³-hybridized carbons (Fsp3) is 0.556. The van der Waals surface area contributed by atoms with Crippen molar-refractivity contribution < 1.29 is 19.4 Å². The molecule has 0 saturated heterocycles. The predicted octanol–water partition coefficient (Wildman–Crippen LogP) is 3.72. The molecule has 23 heavy (non-hydrogen) atoms. The van der Waals surface area contributed by atoms with Crippen LogP contribution in [0.15, 0.2) is 24.3 Å². The monoisotopic (exact) mass is 321 g/mol. The Hall–Kier alpha value is -2.04. The van der Waals surface area contributed by atoms with E-state index in [1.165, 1.54) is 0 Å². The van der Waals surface area contributed by atoms with Crippen LogP contribution >= 0.6 is 0 Å². The van der Waals surface area contributed by atoms with Gasteiger partial charge in [0.1, 0.15) is 5.75 Å². The fourth-order valence-corrected chi connectivity index (χ4v) is 2.38. The van der Waals surface area contributed by atoms with Gasteiger partial charge in [-0.25, -0.2) is 4.79 Å². The highest BCUT2D eigenvalue weighted by Crippen LogP contribution is 2.22. The molecule has 5 nitrogen and oxygen atoms in total. The van der Waals surface area contributed by atoms with Gasteiger partial charge < -0.3 is 14.7 Å². The summed E-state index contributed by atoms with van der Waals surface area (Å²) in [5.74, 6) is 0.000620. The van der Waals surface area contributed by atoms with Gasteiger partial charge in [-0.05, 0) is 36.6 Å². The Labute approximate surface area is 138 Å². The summed E-state index contributed by atoms with van der Waals surface area (Å²) < 4.78 is 5.09. The van der Waals surface area contributed by atoms with Crippen LogP contribution in [0.2, 0.25) is 0 Å². The Morgan fingerprint density at radius 2 is 1.87 bits per heavy atom. The van der Waals surface area contributed by atoms with Crippen LogP contribution < -0.4 is 9.64 Å². The smallest absolute Gasteiger partial charge is 0.341 e. The van der Waals surface area contributed by atoms with Crippen LogP contribution in [0.25, 0.3) is 0 Å². The van der Waals surface area contributed by atoms with Crippen molar-refractivity contribution in [1.82, 2.24) is 0 Å². The van der Waals surface area contributed by atoms with Gasteiger partial charge in [0.15, 0.2) is 6.61 Å². The van der Waals surface area contributed by atoms with E-state index < -0.39 is 5.97 Å². The highest BCUT2D eigenvalue weighted by atomic mass is 16.5. The molecule has 0 fully saturated rings. The number of benzene rings is 1. The number of aliphatic carboxylic acids is 1. The highest BCUT2D eigenvalue weighted by molar-refractivity contribution is 5.92. The number of ether oxygens (including phenoxy) is 1. The number of unbranched alkanes of at least 4 members (excludes halogenated alkanes) is 1. The molecule has 0 heterocycles. The number of hydrogen-bond donors (Lipinski definition) is 1. The quantitative estimate of drug-likeness (QED) is 0.713. The number of anilines is 1.